The number of rotatable bonds is 4. The molecule has 0 unspecified atom stereocenters. The number of ether oxygens (including phenoxy) is 1. The molecule has 5 heteroatoms. The molecule has 0 saturated carbocycles. The van der Waals surface area contributed by atoms with Crippen LogP contribution in [0.15, 0.2) is 18.2 Å². The zero-order valence-corrected chi connectivity index (χ0v) is 9.95. The van der Waals surface area contributed by atoms with E-state index >= 15 is 0 Å². The first kappa shape index (κ1) is 13.0. The number of nitrogen functional groups attached to an aromatic ring is 1. The van der Waals surface area contributed by atoms with Crippen molar-refractivity contribution in [2.75, 3.05) is 18.9 Å². The number of carbonyl (C=O) groups is 2. The smallest absolute Gasteiger partial charge is 0.325 e. The monoisotopic (exact) mass is 236 g/mol. The lowest BCUT2D eigenvalue weighted by molar-refractivity contribution is -0.141. The van der Waals surface area contributed by atoms with Gasteiger partial charge in [0.05, 0.1) is 6.61 Å². The molecule has 1 aromatic carbocycles. The average Bonchev–Trinajstić information content (AvgIpc) is 2.30. The van der Waals surface area contributed by atoms with Gasteiger partial charge in [-0.3, -0.25) is 9.59 Å². The van der Waals surface area contributed by atoms with Crippen LogP contribution in [0.1, 0.15) is 22.8 Å². The highest BCUT2D eigenvalue weighted by molar-refractivity contribution is 5.96. The summed E-state index contributed by atoms with van der Waals surface area (Å²) < 4.78 is 4.69. The van der Waals surface area contributed by atoms with Gasteiger partial charge >= 0.3 is 5.97 Å². The molecule has 0 aromatic heterocycles. The Balaban J connectivity index is 2.58. The highest BCUT2D eigenvalue weighted by atomic mass is 16.5. The maximum atomic E-state index is 11.6. The van der Waals surface area contributed by atoms with Gasteiger partial charge in [-0.15, -0.1) is 0 Å². The quantitative estimate of drug-likeness (QED) is 0.600. The summed E-state index contributed by atoms with van der Waals surface area (Å²) in [7, 11) is 0. The maximum Gasteiger partial charge on any atom is 0.325 e. The van der Waals surface area contributed by atoms with Crippen LogP contribution in [0.3, 0.4) is 0 Å². The van der Waals surface area contributed by atoms with Gasteiger partial charge in [0.2, 0.25) is 0 Å². The van der Waals surface area contributed by atoms with Crippen molar-refractivity contribution in [1.29, 1.82) is 0 Å². The van der Waals surface area contributed by atoms with E-state index in [1.54, 1.807) is 25.1 Å². The lowest BCUT2D eigenvalue weighted by atomic mass is 10.1. The number of aryl methyl sites for hydroxylation is 1. The molecule has 17 heavy (non-hydrogen) atoms. The second-order valence-electron chi connectivity index (χ2n) is 3.56. The molecule has 3 N–H and O–H groups in total. The molecule has 0 aliphatic rings. The van der Waals surface area contributed by atoms with Crippen LogP contribution >= 0.6 is 0 Å². The van der Waals surface area contributed by atoms with E-state index in [2.05, 4.69) is 5.32 Å². The zero-order valence-electron chi connectivity index (χ0n) is 9.95. The van der Waals surface area contributed by atoms with Crippen LogP contribution in [0.25, 0.3) is 0 Å². The third-order valence-corrected chi connectivity index (χ3v) is 2.24. The van der Waals surface area contributed by atoms with Gasteiger partial charge in [0.25, 0.3) is 5.91 Å². The summed E-state index contributed by atoms with van der Waals surface area (Å²) in [5.74, 6) is -0.800. The number of nitrogens with two attached hydrogens (primary N) is 1. The average molecular weight is 236 g/mol. The number of hydrogen-bond donors (Lipinski definition) is 2. The van der Waals surface area contributed by atoms with E-state index in [0.717, 1.165) is 5.56 Å². The summed E-state index contributed by atoms with van der Waals surface area (Å²) in [5.41, 5.74) is 7.58. The molecular formula is C12H16N2O3. The normalized spacial score (nSPS) is 9.76. The maximum absolute atomic E-state index is 11.6. The Morgan fingerprint density at radius 2 is 2.12 bits per heavy atom. The van der Waals surface area contributed by atoms with Crippen LogP contribution < -0.4 is 11.1 Å². The Bertz CT molecular complexity index is 430. The van der Waals surface area contributed by atoms with Crippen molar-refractivity contribution in [3.05, 3.63) is 29.3 Å². The lowest BCUT2D eigenvalue weighted by Gasteiger charge is -2.06. The number of nitrogens with one attached hydrogen (secondary N) is 1. The van der Waals surface area contributed by atoms with Gasteiger partial charge in [0.15, 0.2) is 0 Å². The number of hydrogen-bond acceptors (Lipinski definition) is 4. The molecule has 0 atom stereocenters. The Kier molecular flexibility index (Phi) is 4.51. The van der Waals surface area contributed by atoms with E-state index in [-0.39, 0.29) is 12.5 Å². The van der Waals surface area contributed by atoms with Crippen LogP contribution in [0.5, 0.6) is 0 Å². The SMILES string of the molecule is CCOC(=O)CNC(=O)c1ccc(C)c(N)c1. The number of anilines is 1. The largest absolute Gasteiger partial charge is 0.465 e. The Hall–Kier alpha value is -2.04. The highest BCUT2D eigenvalue weighted by Crippen LogP contribution is 2.12. The number of esters is 1. The van der Waals surface area contributed by atoms with Gasteiger partial charge in [-0.1, -0.05) is 6.07 Å². The highest BCUT2D eigenvalue weighted by Gasteiger charge is 2.09. The zero-order chi connectivity index (χ0) is 12.8. The lowest BCUT2D eigenvalue weighted by Crippen LogP contribution is -2.30. The van der Waals surface area contributed by atoms with Crippen LogP contribution in [0.2, 0.25) is 0 Å². The molecule has 92 valence electrons. The first-order valence-electron chi connectivity index (χ1n) is 5.34. The Morgan fingerprint density at radius 1 is 1.41 bits per heavy atom. The molecule has 0 radical (unpaired) electrons. The van der Waals surface area contributed by atoms with Gasteiger partial charge in [-0.25, -0.2) is 0 Å². The fraction of sp³-hybridized carbons (Fsp3) is 0.333. The van der Waals surface area contributed by atoms with Gasteiger partial charge < -0.3 is 15.8 Å². The van der Waals surface area contributed by atoms with Crippen molar-refractivity contribution in [1.82, 2.24) is 5.32 Å². The summed E-state index contributed by atoms with van der Waals surface area (Å²) in [4.78, 5) is 22.7. The summed E-state index contributed by atoms with van der Waals surface area (Å²) in [6.07, 6.45) is 0. The molecule has 0 bridgehead atoms. The molecule has 5 nitrogen and oxygen atoms in total. The molecule has 0 saturated heterocycles. The summed E-state index contributed by atoms with van der Waals surface area (Å²) >= 11 is 0. The van der Waals surface area contributed by atoms with Crippen LogP contribution in [-0.4, -0.2) is 25.0 Å². The fourth-order valence-electron chi connectivity index (χ4n) is 1.25. The summed E-state index contributed by atoms with van der Waals surface area (Å²) in [6.45, 7) is 3.72. The third-order valence-electron chi connectivity index (χ3n) is 2.24. The molecule has 0 heterocycles. The Labute approximate surface area is 99.9 Å². The molecule has 1 amide bonds. The molecule has 0 fully saturated rings. The molecule has 1 aromatic rings. The number of amides is 1. The van der Waals surface area contributed by atoms with Crippen molar-refractivity contribution in [2.24, 2.45) is 0 Å². The molecule has 1 rings (SSSR count). The van der Waals surface area contributed by atoms with Crippen molar-refractivity contribution >= 4 is 17.6 Å². The van der Waals surface area contributed by atoms with E-state index in [0.29, 0.717) is 17.9 Å². The minimum atomic E-state index is -0.457. The molecule has 0 aliphatic carbocycles. The van der Waals surface area contributed by atoms with Gasteiger partial charge in [-0.05, 0) is 31.5 Å². The topological polar surface area (TPSA) is 81.4 Å². The summed E-state index contributed by atoms with van der Waals surface area (Å²) in [5, 5.41) is 2.46. The minimum Gasteiger partial charge on any atom is -0.465 e. The Morgan fingerprint density at radius 3 is 2.71 bits per heavy atom. The van der Waals surface area contributed by atoms with Crippen molar-refractivity contribution in [3.63, 3.8) is 0 Å². The fourth-order valence-corrected chi connectivity index (χ4v) is 1.25. The molecule has 0 spiro atoms. The summed E-state index contributed by atoms with van der Waals surface area (Å²) in [6, 6.07) is 5.00. The van der Waals surface area contributed by atoms with Crippen molar-refractivity contribution in [2.45, 2.75) is 13.8 Å². The third kappa shape index (κ3) is 3.79. The molecule has 0 aliphatic heterocycles. The standard InChI is InChI=1S/C12H16N2O3/c1-3-17-11(15)7-14-12(16)9-5-4-8(2)10(13)6-9/h4-6H,3,7,13H2,1-2H3,(H,14,16). The van der Waals surface area contributed by atoms with E-state index in [1.165, 1.54) is 0 Å². The first-order valence-corrected chi connectivity index (χ1v) is 5.34. The van der Waals surface area contributed by atoms with Crippen molar-refractivity contribution < 1.29 is 14.3 Å². The van der Waals surface area contributed by atoms with Gasteiger partial charge in [0, 0.05) is 11.3 Å². The second kappa shape index (κ2) is 5.89. The number of benzene rings is 1. The van der Waals surface area contributed by atoms with Gasteiger partial charge in [0.1, 0.15) is 6.54 Å². The van der Waals surface area contributed by atoms with Crippen LogP contribution in [-0.2, 0) is 9.53 Å². The van der Waals surface area contributed by atoms with Crippen LogP contribution in [0, 0.1) is 6.92 Å². The molecular weight excluding hydrogens is 220 g/mol. The number of carbonyl (C=O) groups excluding carboxylic acids is 2. The van der Waals surface area contributed by atoms with Crippen molar-refractivity contribution in [3.8, 4) is 0 Å². The van der Waals surface area contributed by atoms with Gasteiger partial charge in [-0.2, -0.15) is 0 Å². The van der Waals surface area contributed by atoms with E-state index in [1.807, 2.05) is 6.92 Å². The predicted molar refractivity (Wildman–Crippen MR) is 64.6 cm³/mol. The minimum absolute atomic E-state index is 0.138. The van der Waals surface area contributed by atoms with Crippen LogP contribution in [0.4, 0.5) is 5.69 Å². The second-order valence-corrected chi connectivity index (χ2v) is 3.56. The van der Waals surface area contributed by atoms with E-state index in [9.17, 15) is 9.59 Å². The first-order chi connectivity index (χ1) is 8.04. The van der Waals surface area contributed by atoms with E-state index < -0.39 is 5.97 Å². The predicted octanol–water partition coefficient (Wildman–Crippen LogP) is 0.870. The van der Waals surface area contributed by atoms with E-state index in [4.69, 9.17) is 10.5 Å².